The standard InChI is InChI=1S/C20H30F3N5O.HI/c1-2-24-19(27-16-9-11-28(13-16)14-20(21,22)23)26-12-15-6-5-10-25-18(15)29-17-7-3-4-8-17;/h5-6,10,16-17H,2-4,7-9,11-14H2,1H3,(H2,24,26,27);1H. The second-order valence-electron chi connectivity index (χ2n) is 7.67. The van der Waals surface area contributed by atoms with Crippen LogP contribution in [0.4, 0.5) is 13.2 Å². The molecule has 1 aliphatic heterocycles. The molecule has 1 atom stereocenters. The zero-order chi connectivity index (χ0) is 20.7. The molecule has 1 saturated carbocycles. The number of pyridine rings is 1. The molecule has 0 bridgehead atoms. The lowest BCUT2D eigenvalue weighted by Crippen LogP contribution is -2.45. The van der Waals surface area contributed by atoms with Crippen LogP contribution in [-0.2, 0) is 6.54 Å². The van der Waals surface area contributed by atoms with Gasteiger partial charge in [0.25, 0.3) is 0 Å². The molecule has 1 saturated heterocycles. The number of halogens is 4. The molecule has 1 aromatic heterocycles. The molecule has 1 unspecified atom stereocenters. The quantitative estimate of drug-likeness (QED) is 0.313. The highest BCUT2D eigenvalue weighted by Crippen LogP contribution is 2.25. The van der Waals surface area contributed by atoms with Crippen molar-refractivity contribution in [2.75, 3.05) is 26.2 Å². The molecular weight excluding hydrogens is 510 g/mol. The maximum Gasteiger partial charge on any atom is 0.401 e. The van der Waals surface area contributed by atoms with Crippen molar-refractivity contribution in [3.63, 3.8) is 0 Å². The molecule has 2 heterocycles. The molecular formula is C20H31F3IN5O. The Morgan fingerprint density at radius 1 is 1.30 bits per heavy atom. The average molecular weight is 541 g/mol. The highest BCUT2D eigenvalue weighted by atomic mass is 127. The molecule has 170 valence electrons. The maximum absolute atomic E-state index is 12.6. The number of rotatable bonds is 7. The number of alkyl halides is 3. The van der Waals surface area contributed by atoms with Crippen molar-refractivity contribution in [3.05, 3.63) is 23.9 Å². The number of nitrogens with one attached hydrogen (secondary N) is 2. The fourth-order valence-corrected chi connectivity index (χ4v) is 3.84. The van der Waals surface area contributed by atoms with Gasteiger partial charge in [-0.15, -0.1) is 24.0 Å². The van der Waals surface area contributed by atoms with Crippen LogP contribution in [0.25, 0.3) is 0 Å². The average Bonchev–Trinajstić information content (AvgIpc) is 3.32. The van der Waals surface area contributed by atoms with E-state index in [9.17, 15) is 13.2 Å². The summed E-state index contributed by atoms with van der Waals surface area (Å²) < 4.78 is 43.8. The van der Waals surface area contributed by atoms with E-state index in [4.69, 9.17) is 4.74 Å². The lowest BCUT2D eigenvalue weighted by atomic mass is 10.2. The van der Waals surface area contributed by atoms with E-state index in [1.807, 2.05) is 19.1 Å². The summed E-state index contributed by atoms with van der Waals surface area (Å²) in [7, 11) is 0. The minimum atomic E-state index is -4.16. The van der Waals surface area contributed by atoms with E-state index in [2.05, 4.69) is 20.6 Å². The first kappa shape index (κ1) is 25.0. The smallest absolute Gasteiger partial charge is 0.401 e. The molecule has 1 aromatic rings. The number of likely N-dealkylation sites (tertiary alicyclic amines) is 1. The topological polar surface area (TPSA) is 61.8 Å². The van der Waals surface area contributed by atoms with Gasteiger partial charge in [0.1, 0.15) is 6.10 Å². The van der Waals surface area contributed by atoms with Crippen molar-refractivity contribution < 1.29 is 17.9 Å². The first-order chi connectivity index (χ1) is 13.9. The van der Waals surface area contributed by atoms with E-state index < -0.39 is 12.7 Å². The van der Waals surface area contributed by atoms with Crippen LogP contribution in [0.2, 0.25) is 0 Å². The van der Waals surface area contributed by atoms with Gasteiger partial charge in [0.05, 0.1) is 13.1 Å². The number of ether oxygens (including phenoxy) is 1. The van der Waals surface area contributed by atoms with Crippen LogP contribution in [-0.4, -0.2) is 60.3 Å². The Bertz CT molecular complexity index is 683. The highest BCUT2D eigenvalue weighted by Gasteiger charge is 2.34. The first-order valence-electron chi connectivity index (χ1n) is 10.4. The minimum Gasteiger partial charge on any atom is -0.474 e. The predicted octanol–water partition coefficient (Wildman–Crippen LogP) is 3.71. The van der Waals surface area contributed by atoms with Gasteiger partial charge >= 0.3 is 6.18 Å². The van der Waals surface area contributed by atoms with Gasteiger partial charge in [-0.05, 0) is 45.1 Å². The van der Waals surface area contributed by atoms with Crippen molar-refractivity contribution >= 4 is 29.9 Å². The van der Waals surface area contributed by atoms with Crippen LogP contribution >= 0.6 is 24.0 Å². The zero-order valence-electron chi connectivity index (χ0n) is 17.2. The minimum absolute atomic E-state index is 0. The van der Waals surface area contributed by atoms with E-state index >= 15 is 0 Å². The summed E-state index contributed by atoms with van der Waals surface area (Å²) in [6.45, 7) is 2.94. The summed E-state index contributed by atoms with van der Waals surface area (Å²) in [5, 5.41) is 6.44. The van der Waals surface area contributed by atoms with Crippen molar-refractivity contribution in [1.29, 1.82) is 0 Å². The Hall–Kier alpha value is -1.30. The molecule has 3 rings (SSSR count). The number of hydrogen-bond donors (Lipinski definition) is 2. The SMILES string of the molecule is CCNC(=NCc1cccnc1OC1CCCC1)NC1CCN(CC(F)(F)F)C1.I. The lowest BCUT2D eigenvalue weighted by Gasteiger charge is -2.20. The maximum atomic E-state index is 12.6. The van der Waals surface area contributed by atoms with Crippen LogP contribution in [0, 0.1) is 0 Å². The van der Waals surface area contributed by atoms with E-state index in [0.717, 1.165) is 18.4 Å². The van der Waals surface area contributed by atoms with E-state index in [1.54, 1.807) is 6.20 Å². The molecule has 30 heavy (non-hydrogen) atoms. The number of aromatic nitrogens is 1. The van der Waals surface area contributed by atoms with Gasteiger partial charge in [0, 0.05) is 37.4 Å². The summed E-state index contributed by atoms with van der Waals surface area (Å²) in [6, 6.07) is 3.75. The van der Waals surface area contributed by atoms with E-state index in [0.29, 0.717) is 44.4 Å². The fourth-order valence-electron chi connectivity index (χ4n) is 3.84. The van der Waals surface area contributed by atoms with Crippen LogP contribution in [0.15, 0.2) is 23.3 Å². The molecule has 0 radical (unpaired) electrons. The molecule has 0 aromatic carbocycles. The number of hydrogen-bond acceptors (Lipinski definition) is 4. The van der Waals surface area contributed by atoms with Gasteiger partial charge in [-0.25, -0.2) is 9.98 Å². The van der Waals surface area contributed by atoms with Gasteiger partial charge in [-0.1, -0.05) is 6.07 Å². The highest BCUT2D eigenvalue weighted by molar-refractivity contribution is 14.0. The van der Waals surface area contributed by atoms with Crippen LogP contribution in [0.3, 0.4) is 0 Å². The fraction of sp³-hybridized carbons (Fsp3) is 0.700. The number of aliphatic imine (C=N–C) groups is 1. The molecule has 10 heteroatoms. The van der Waals surface area contributed by atoms with E-state index in [-0.39, 0.29) is 36.1 Å². The summed E-state index contributed by atoms with van der Waals surface area (Å²) in [4.78, 5) is 10.4. The van der Waals surface area contributed by atoms with Crippen molar-refractivity contribution in [2.45, 2.75) is 63.9 Å². The van der Waals surface area contributed by atoms with Crippen molar-refractivity contribution in [2.24, 2.45) is 4.99 Å². The summed E-state index contributed by atoms with van der Waals surface area (Å²) >= 11 is 0. The summed E-state index contributed by atoms with van der Waals surface area (Å²) in [5.41, 5.74) is 0.904. The van der Waals surface area contributed by atoms with Crippen molar-refractivity contribution in [3.8, 4) is 5.88 Å². The molecule has 0 spiro atoms. The molecule has 2 N–H and O–H groups in total. The molecule has 2 aliphatic rings. The molecule has 1 aliphatic carbocycles. The predicted molar refractivity (Wildman–Crippen MR) is 121 cm³/mol. The third-order valence-electron chi connectivity index (χ3n) is 5.20. The summed E-state index contributed by atoms with van der Waals surface area (Å²) in [6.07, 6.45) is 2.91. The molecule has 0 amide bonds. The Morgan fingerprint density at radius 2 is 2.07 bits per heavy atom. The molecule has 2 fully saturated rings. The van der Waals surface area contributed by atoms with E-state index in [1.165, 1.54) is 17.7 Å². The van der Waals surface area contributed by atoms with Gasteiger partial charge in [-0.3, -0.25) is 4.90 Å². The Labute approximate surface area is 193 Å². The van der Waals surface area contributed by atoms with Gasteiger partial charge < -0.3 is 15.4 Å². The van der Waals surface area contributed by atoms with Crippen LogP contribution in [0.5, 0.6) is 5.88 Å². The number of nitrogens with zero attached hydrogens (tertiary/aromatic N) is 3. The van der Waals surface area contributed by atoms with Gasteiger partial charge in [0.2, 0.25) is 5.88 Å². The second kappa shape index (κ2) is 11.9. The normalized spacial score (nSPS) is 20.8. The number of guanidine groups is 1. The largest absolute Gasteiger partial charge is 0.474 e. The van der Waals surface area contributed by atoms with Crippen molar-refractivity contribution in [1.82, 2.24) is 20.5 Å². The van der Waals surface area contributed by atoms with Crippen LogP contribution < -0.4 is 15.4 Å². The Balaban J connectivity index is 0.00000320. The Kier molecular flexibility index (Phi) is 9.92. The van der Waals surface area contributed by atoms with Crippen LogP contribution in [0.1, 0.15) is 44.6 Å². The lowest BCUT2D eigenvalue weighted by molar-refractivity contribution is -0.143. The van der Waals surface area contributed by atoms with Gasteiger partial charge in [-0.2, -0.15) is 13.2 Å². The Morgan fingerprint density at radius 3 is 2.77 bits per heavy atom. The van der Waals surface area contributed by atoms with Gasteiger partial charge in [0.15, 0.2) is 5.96 Å². The molecule has 6 nitrogen and oxygen atoms in total. The first-order valence-corrected chi connectivity index (χ1v) is 10.4. The third-order valence-corrected chi connectivity index (χ3v) is 5.20. The zero-order valence-corrected chi connectivity index (χ0v) is 19.6. The monoisotopic (exact) mass is 541 g/mol. The third kappa shape index (κ3) is 8.09. The second-order valence-corrected chi connectivity index (χ2v) is 7.67. The summed E-state index contributed by atoms with van der Waals surface area (Å²) in [5.74, 6) is 1.22.